The molecule has 0 saturated heterocycles. The number of alkyl halides is 2. The number of rotatable bonds is 1. The second kappa shape index (κ2) is 3.82. The maximum absolute atomic E-state index is 6.12. The van der Waals surface area contributed by atoms with Gasteiger partial charge in [0.05, 0.1) is 5.38 Å². The summed E-state index contributed by atoms with van der Waals surface area (Å²) in [5.74, 6) is 0.571. The summed E-state index contributed by atoms with van der Waals surface area (Å²) in [5, 5.41) is 0.422. The highest BCUT2D eigenvalue weighted by atomic mass is 35.5. The van der Waals surface area contributed by atoms with Gasteiger partial charge in [-0.15, -0.1) is 23.2 Å². The maximum Gasteiger partial charge on any atom is 0.0561 e. The fraction of sp³-hybridized carbons (Fsp3) is 0.778. The number of hydrogen-bond acceptors (Lipinski definition) is 0. The summed E-state index contributed by atoms with van der Waals surface area (Å²) in [6, 6.07) is 0. The largest absolute Gasteiger partial charge is 0.123 e. The molecule has 0 nitrogen and oxygen atoms in total. The first-order chi connectivity index (χ1) is 5.11. The highest BCUT2D eigenvalue weighted by Crippen LogP contribution is 2.30. The van der Waals surface area contributed by atoms with Gasteiger partial charge in [-0.25, -0.2) is 0 Å². The molecule has 0 saturated carbocycles. The van der Waals surface area contributed by atoms with Crippen molar-refractivity contribution in [3.05, 3.63) is 11.6 Å². The third-order valence-electron chi connectivity index (χ3n) is 2.10. The van der Waals surface area contributed by atoms with Crippen molar-refractivity contribution in [2.24, 2.45) is 5.92 Å². The Morgan fingerprint density at radius 3 is 2.55 bits per heavy atom. The lowest BCUT2D eigenvalue weighted by atomic mass is 9.91. The maximum atomic E-state index is 6.12. The van der Waals surface area contributed by atoms with E-state index in [0.29, 0.717) is 5.92 Å². The zero-order chi connectivity index (χ0) is 8.43. The molecule has 0 amide bonds. The summed E-state index contributed by atoms with van der Waals surface area (Å²) in [6.45, 7) is 4.35. The van der Waals surface area contributed by atoms with E-state index in [1.165, 1.54) is 5.57 Å². The third kappa shape index (κ3) is 2.38. The standard InChI is InChI=1S/C9H14Cl2/c1-6(2)8-4-3-7(10)5-9(8)11/h4,6-7,9H,3,5H2,1-2H3. The van der Waals surface area contributed by atoms with Gasteiger partial charge >= 0.3 is 0 Å². The van der Waals surface area contributed by atoms with E-state index in [1.807, 2.05) is 0 Å². The highest BCUT2D eigenvalue weighted by Gasteiger charge is 2.22. The molecular formula is C9H14Cl2. The topological polar surface area (TPSA) is 0 Å². The summed E-state index contributed by atoms with van der Waals surface area (Å²) >= 11 is 12.1. The van der Waals surface area contributed by atoms with Gasteiger partial charge in [-0.1, -0.05) is 25.5 Å². The second-order valence-electron chi connectivity index (χ2n) is 3.40. The van der Waals surface area contributed by atoms with Crippen LogP contribution in [0.5, 0.6) is 0 Å². The normalized spacial score (nSPS) is 32.3. The lowest BCUT2D eigenvalue weighted by Crippen LogP contribution is -2.19. The van der Waals surface area contributed by atoms with E-state index in [-0.39, 0.29) is 10.8 Å². The molecule has 11 heavy (non-hydrogen) atoms. The molecular weight excluding hydrogens is 179 g/mol. The van der Waals surface area contributed by atoms with Crippen molar-refractivity contribution in [3.63, 3.8) is 0 Å². The molecule has 0 heterocycles. The van der Waals surface area contributed by atoms with E-state index in [0.717, 1.165) is 12.8 Å². The van der Waals surface area contributed by atoms with Crippen LogP contribution in [0.25, 0.3) is 0 Å². The summed E-state index contributed by atoms with van der Waals surface area (Å²) in [5.41, 5.74) is 1.36. The van der Waals surface area contributed by atoms with Gasteiger partial charge < -0.3 is 0 Å². The van der Waals surface area contributed by atoms with Crippen LogP contribution in [-0.4, -0.2) is 10.8 Å². The molecule has 1 aliphatic carbocycles. The Morgan fingerprint density at radius 2 is 2.09 bits per heavy atom. The van der Waals surface area contributed by atoms with Crippen LogP contribution in [0.2, 0.25) is 0 Å². The molecule has 64 valence electrons. The van der Waals surface area contributed by atoms with Gasteiger partial charge in [0.25, 0.3) is 0 Å². The average molecular weight is 193 g/mol. The number of allylic oxidation sites excluding steroid dienone is 2. The lowest BCUT2D eigenvalue weighted by Gasteiger charge is -2.24. The predicted octanol–water partition coefficient (Wildman–Crippen LogP) is 3.58. The molecule has 1 aliphatic rings. The summed E-state index contributed by atoms with van der Waals surface area (Å²) in [4.78, 5) is 0. The SMILES string of the molecule is CC(C)C1=CCC(Cl)CC1Cl. The highest BCUT2D eigenvalue weighted by molar-refractivity contribution is 6.25. The Morgan fingerprint density at radius 1 is 1.45 bits per heavy atom. The molecule has 1 rings (SSSR count). The molecule has 0 aromatic carbocycles. The zero-order valence-electron chi connectivity index (χ0n) is 6.98. The molecule has 0 aromatic heterocycles. The third-order valence-corrected chi connectivity index (χ3v) is 2.89. The number of hydrogen-bond donors (Lipinski definition) is 0. The van der Waals surface area contributed by atoms with Crippen LogP contribution in [-0.2, 0) is 0 Å². The van der Waals surface area contributed by atoms with Gasteiger partial charge in [-0.3, -0.25) is 0 Å². The first-order valence-corrected chi connectivity index (χ1v) is 4.96. The fourth-order valence-electron chi connectivity index (χ4n) is 1.45. The minimum Gasteiger partial charge on any atom is -0.123 e. The van der Waals surface area contributed by atoms with E-state index in [4.69, 9.17) is 23.2 Å². The minimum atomic E-state index is 0.172. The molecule has 2 heteroatoms. The molecule has 0 aliphatic heterocycles. The number of halogens is 2. The van der Waals surface area contributed by atoms with E-state index in [9.17, 15) is 0 Å². The summed E-state index contributed by atoms with van der Waals surface area (Å²) in [7, 11) is 0. The molecule has 0 radical (unpaired) electrons. The van der Waals surface area contributed by atoms with Crippen LogP contribution >= 0.6 is 23.2 Å². The fourth-order valence-corrected chi connectivity index (χ4v) is 2.36. The average Bonchev–Trinajstić information content (AvgIpc) is 1.85. The van der Waals surface area contributed by atoms with Gasteiger partial charge in [0, 0.05) is 5.38 Å². The van der Waals surface area contributed by atoms with Crippen molar-refractivity contribution in [1.29, 1.82) is 0 Å². The quantitative estimate of drug-likeness (QED) is 0.441. The van der Waals surface area contributed by atoms with Crippen LogP contribution in [0.3, 0.4) is 0 Å². The Bertz CT molecular complexity index is 161. The molecule has 2 atom stereocenters. The van der Waals surface area contributed by atoms with E-state index < -0.39 is 0 Å². The van der Waals surface area contributed by atoms with Crippen molar-refractivity contribution in [2.75, 3.05) is 0 Å². The van der Waals surface area contributed by atoms with Crippen LogP contribution in [0.15, 0.2) is 11.6 Å². The second-order valence-corrected chi connectivity index (χ2v) is 4.54. The van der Waals surface area contributed by atoms with E-state index in [1.54, 1.807) is 0 Å². The lowest BCUT2D eigenvalue weighted by molar-refractivity contribution is 0.631. The molecule has 2 unspecified atom stereocenters. The smallest absolute Gasteiger partial charge is 0.0561 e. The van der Waals surface area contributed by atoms with Crippen LogP contribution < -0.4 is 0 Å². The predicted molar refractivity (Wildman–Crippen MR) is 51.4 cm³/mol. The van der Waals surface area contributed by atoms with Crippen molar-refractivity contribution in [2.45, 2.75) is 37.4 Å². The van der Waals surface area contributed by atoms with Gasteiger partial charge in [0.2, 0.25) is 0 Å². The van der Waals surface area contributed by atoms with Crippen molar-refractivity contribution < 1.29 is 0 Å². The Kier molecular flexibility index (Phi) is 3.27. The van der Waals surface area contributed by atoms with Crippen LogP contribution in [0, 0.1) is 5.92 Å². The molecule has 0 aromatic rings. The Labute approximate surface area is 78.6 Å². The van der Waals surface area contributed by atoms with Crippen LogP contribution in [0.1, 0.15) is 26.7 Å². The van der Waals surface area contributed by atoms with Gasteiger partial charge in [0.1, 0.15) is 0 Å². The monoisotopic (exact) mass is 192 g/mol. The minimum absolute atomic E-state index is 0.172. The van der Waals surface area contributed by atoms with E-state index in [2.05, 4.69) is 19.9 Å². The molecule has 0 bridgehead atoms. The van der Waals surface area contributed by atoms with Crippen molar-refractivity contribution in [1.82, 2.24) is 0 Å². The first-order valence-electron chi connectivity index (χ1n) is 4.09. The van der Waals surface area contributed by atoms with Gasteiger partial charge in [-0.2, -0.15) is 0 Å². The van der Waals surface area contributed by atoms with Crippen molar-refractivity contribution >= 4 is 23.2 Å². The summed E-state index contributed by atoms with van der Waals surface area (Å²) in [6.07, 6.45) is 4.11. The van der Waals surface area contributed by atoms with Crippen molar-refractivity contribution in [3.8, 4) is 0 Å². The Balaban J connectivity index is 2.65. The van der Waals surface area contributed by atoms with Gasteiger partial charge in [0.15, 0.2) is 0 Å². The Hall–Kier alpha value is 0.320. The molecule has 0 fully saturated rings. The van der Waals surface area contributed by atoms with E-state index >= 15 is 0 Å². The van der Waals surface area contributed by atoms with Crippen LogP contribution in [0.4, 0.5) is 0 Å². The summed E-state index contributed by atoms with van der Waals surface area (Å²) < 4.78 is 0. The first kappa shape index (κ1) is 9.41. The van der Waals surface area contributed by atoms with Gasteiger partial charge in [-0.05, 0) is 18.8 Å². The molecule has 0 spiro atoms. The molecule has 0 N–H and O–H groups in total. The zero-order valence-corrected chi connectivity index (χ0v) is 8.49.